The molecule has 2 atom stereocenters. The molecule has 0 aliphatic carbocycles. The minimum atomic E-state index is -4.69. The number of carboxylic acid groups (broad SMARTS) is 1. The molecule has 2 rings (SSSR count). The number of nitrogens with zero attached hydrogens (tertiary/aromatic N) is 1. The number of aliphatic carboxylic acids is 1. The lowest BCUT2D eigenvalue weighted by molar-refractivity contribution is -0.188. The zero-order chi connectivity index (χ0) is 20.9. The summed E-state index contributed by atoms with van der Waals surface area (Å²) in [5.74, 6) is -6.23. The first-order valence-corrected chi connectivity index (χ1v) is 9.33. The summed E-state index contributed by atoms with van der Waals surface area (Å²) in [6.07, 6.45) is -2.02. The van der Waals surface area contributed by atoms with E-state index in [1.54, 1.807) is 12.1 Å². The number of halogens is 3. The average Bonchev–Trinajstić information content (AvgIpc) is 3.11. The first kappa shape index (κ1) is 21.9. The Kier molecular flexibility index (Phi) is 7.21. The molecule has 1 heterocycles. The molecule has 154 valence electrons. The molecule has 0 radical (unpaired) electrons. The third kappa shape index (κ3) is 5.56. The van der Waals surface area contributed by atoms with E-state index in [0.717, 1.165) is 29.7 Å². The summed E-state index contributed by atoms with van der Waals surface area (Å²) in [6, 6.07) is 7.09. The van der Waals surface area contributed by atoms with Gasteiger partial charge in [0.25, 0.3) is 0 Å². The lowest BCUT2D eigenvalue weighted by Gasteiger charge is -2.18. The third-order valence-corrected chi connectivity index (χ3v) is 5.07. The van der Waals surface area contributed by atoms with Crippen LogP contribution in [0, 0.1) is 11.8 Å². The monoisotopic (exact) mass is 399 g/mol. The van der Waals surface area contributed by atoms with E-state index in [9.17, 15) is 27.6 Å². The molecule has 0 spiro atoms. The fourth-order valence-corrected chi connectivity index (χ4v) is 3.35. The SMILES string of the molecule is CCCCc1ccc(C(=O)CCC(=O)N2C[C@@H](C(F)(F)F)[C@H](C(=O)O)C2)cc1. The highest BCUT2D eigenvalue weighted by Crippen LogP contribution is 2.38. The first-order chi connectivity index (χ1) is 13.1. The van der Waals surface area contributed by atoms with Crippen LogP contribution in [0.4, 0.5) is 13.2 Å². The Morgan fingerprint density at radius 3 is 2.25 bits per heavy atom. The Bertz CT molecular complexity index is 715. The van der Waals surface area contributed by atoms with Crippen molar-refractivity contribution in [3.05, 3.63) is 35.4 Å². The minimum Gasteiger partial charge on any atom is -0.481 e. The van der Waals surface area contributed by atoms with Gasteiger partial charge in [-0.25, -0.2) is 0 Å². The van der Waals surface area contributed by atoms with Crippen molar-refractivity contribution in [2.75, 3.05) is 13.1 Å². The molecule has 1 aromatic carbocycles. The van der Waals surface area contributed by atoms with Crippen LogP contribution in [-0.4, -0.2) is 46.9 Å². The predicted octanol–water partition coefficient (Wildman–Crippen LogP) is 3.71. The van der Waals surface area contributed by atoms with Gasteiger partial charge in [0.15, 0.2) is 5.78 Å². The number of benzene rings is 1. The van der Waals surface area contributed by atoms with E-state index in [1.165, 1.54) is 0 Å². The number of carbonyl (C=O) groups excluding carboxylic acids is 2. The molecular formula is C20H24F3NO4. The van der Waals surface area contributed by atoms with Crippen molar-refractivity contribution in [3.8, 4) is 0 Å². The van der Waals surface area contributed by atoms with Gasteiger partial charge < -0.3 is 10.0 Å². The van der Waals surface area contributed by atoms with Gasteiger partial charge in [0, 0.05) is 31.5 Å². The van der Waals surface area contributed by atoms with E-state index in [1.807, 2.05) is 12.1 Å². The van der Waals surface area contributed by atoms with E-state index >= 15 is 0 Å². The minimum absolute atomic E-state index is 0.127. The average molecular weight is 399 g/mol. The number of carbonyl (C=O) groups is 3. The summed E-state index contributed by atoms with van der Waals surface area (Å²) in [5, 5.41) is 9.00. The molecule has 1 aromatic rings. The zero-order valence-electron chi connectivity index (χ0n) is 15.7. The van der Waals surface area contributed by atoms with Crippen molar-refractivity contribution in [1.29, 1.82) is 0 Å². The topological polar surface area (TPSA) is 74.7 Å². The second-order valence-corrected chi connectivity index (χ2v) is 7.12. The van der Waals surface area contributed by atoms with Crippen molar-refractivity contribution in [3.63, 3.8) is 0 Å². The summed E-state index contributed by atoms with van der Waals surface area (Å²) in [4.78, 5) is 36.4. The van der Waals surface area contributed by atoms with Gasteiger partial charge in [-0.2, -0.15) is 13.2 Å². The normalized spacial score (nSPS) is 19.6. The molecule has 0 unspecified atom stereocenters. The molecule has 5 nitrogen and oxygen atoms in total. The summed E-state index contributed by atoms with van der Waals surface area (Å²) < 4.78 is 39.0. The maximum atomic E-state index is 13.0. The van der Waals surface area contributed by atoms with Gasteiger partial charge in [0.1, 0.15) is 0 Å². The molecular weight excluding hydrogens is 375 g/mol. The van der Waals surface area contributed by atoms with Crippen LogP contribution in [0.25, 0.3) is 0 Å². The Morgan fingerprint density at radius 2 is 1.75 bits per heavy atom. The molecule has 1 N–H and O–H groups in total. The van der Waals surface area contributed by atoms with Crippen molar-refractivity contribution in [1.82, 2.24) is 4.90 Å². The smallest absolute Gasteiger partial charge is 0.394 e. The van der Waals surface area contributed by atoms with Crippen molar-refractivity contribution < 1.29 is 32.7 Å². The molecule has 1 aliphatic heterocycles. The van der Waals surface area contributed by atoms with Crippen LogP contribution in [0.3, 0.4) is 0 Å². The number of ketones is 1. The summed E-state index contributed by atoms with van der Waals surface area (Å²) in [6.45, 7) is 0.920. The standard InChI is InChI=1S/C20H24F3NO4/c1-2-3-4-13-5-7-14(8-6-13)17(25)9-10-18(26)24-11-15(19(27)28)16(12-24)20(21,22)23/h5-8,15-16H,2-4,9-12H2,1H3,(H,27,28)/t15-,16-/m1/s1. The summed E-state index contributed by atoms with van der Waals surface area (Å²) >= 11 is 0. The maximum Gasteiger partial charge on any atom is 0.394 e. The predicted molar refractivity (Wildman–Crippen MR) is 95.9 cm³/mol. The van der Waals surface area contributed by atoms with Crippen molar-refractivity contribution in [2.24, 2.45) is 11.8 Å². The third-order valence-electron chi connectivity index (χ3n) is 5.07. The van der Waals surface area contributed by atoms with Gasteiger partial charge in [-0.3, -0.25) is 14.4 Å². The Hall–Kier alpha value is -2.38. The molecule has 1 fully saturated rings. The number of alkyl halides is 3. The molecule has 8 heteroatoms. The Morgan fingerprint density at radius 1 is 1.11 bits per heavy atom. The number of hydrogen-bond donors (Lipinski definition) is 1. The van der Waals surface area contributed by atoms with Gasteiger partial charge in [0.2, 0.25) is 5.91 Å². The first-order valence-electron chi connectivity index (χ1n) is 9.33. The molecule has 28 heavy (non-hydrogen) atoms. The highest BCUT2D eigenvalue weighted by atomic mass is 19.4. The van der Waals surface area contributed by atoms with Gasteiger partial charge in [0.05, 0.1) is 11.8 Å². The number of unbranched alkanes of at least 4 members (excludes halogenated alkanes) is 1. The highest BCUT2D eigenvalue weighted by molar-refractivity contribution is 5.98. The summed E-state index contributed by atoms with van der Waals surface area (Å²) in [7, 11) is 0. The second-order valence-electron chi connectivity index (χ2n) is 7.12. The van der Waals surface area contributed by atoms with Crippen LogP contribution >= 0.6 is 0 Å². The van der Waals surface area contributed by atoms with Crippen molar-refractivity contribution in [2.45, 2.75) is 45.2 Å². The number of rotatable bonds is 8. The molecule has 1 amide bonds. The molecule has 1 aliphatic rings. The quantitative estimate of drug-likeness (QED) is 0.676. The lowest BCUT2D eigenvalue weighted by atomic mass is 9.96. The number of hydrogen-bond acceptors (Lipinski definition) is 3. The van der Waals surface area contributed by atoms with Gasteiger partial charge in [-0.15, -0.1) is 0 Å². The largest absolute Gasteiger partial charge is 0.481 e. The summed E-state index contributed by atoms with van der Waals surface area (Å²) in [5.41, 5.74) is 1.57. The van der Waals surface area contributed by atoms with E-state index in [4.69, 9.17) is 5.11 Å². The Labute approximate surface area is 161 Å². The van der Waals surface area contributed by atoms with E-state index in [2.05, 4.69) is 6.92 Å². The van der Waals surface area contributed by atoms with Crippen LogP contribution in [0.5, 0.6) is 0 Å². The fraction of sp³-hybridized carbons (Fsp3) is 0.550. The molecule has 0 saturated carbocycles. The number of carboxylic acids is 1. The van der Waals surface area contributed by atoms with Gasteiger partial charge in [-0.05, 0) is 18.4 Å². The Balaban J connectivity index is 1.91. The van der Waals surface area contributed by atoms with E-state index in [0.29, 0.717) is 5.56 Å². The van der Waals surface area contributed by atoms with Gasteiger partial charge in [-0.1, -0.05) is 37.6 Å². The second kappa shape index (κ2) is 9.21. The number of aryl methyl sites for hydroxylation is 1. The van der Waals surface area contributed by atoms with E-state index in [-0.39, 0.29) is 18.6 Å². The van der Waals surface area contributed by atoms with Crippen LogP contribution in [0.1, 0.15) is 48.5 Å². The molecule has 0 aromatic heterocycles. The van der Waals surface area contributed by atoms with Crippen LogP contribution in [0.2, 0.25) is 0 Å². The van der Waals surface area contributed by atoms with Crippen LogP contribution in [0.15, 0.2) is 24.3 Å². The molecule has 0 bridgehead atoms. The zero-order valence-corrected chi connectivity index (χ0v) is 15.7. The van der Waals surface area contributed by atoms with E-state index < -0.39 is 43.0 Å². The number of Topliss-reactive ketones (excluding diaryl/α,β-unsaturated/α-hetero) is 1. The molecule has 1 saturated heterocycles. The van der Waals surface area contributed by atoms with Crippen molar-refractivity contribution >= 4 is 17.7 Å². The lowest BCUT2D eigenvalue weighted by Crippen LogP contribution is -2.34. The van der Waals surface area contributed by atoms with Crippen LogP contribution < -0.4 is 0 Å². The van der Waals surface area contributed by atoms with Gasteiger partial charge >= 0.3 is 12.1 Å². The number of amides is 1. The highest BCUT2D eigenvalue weighted by Gasteiger charge is 2.53. The fourth-order valence-electron chi connectivity index (χ4n) is 3.35. The maximum absolute atomic E-state index is 13.0. The van der Waals surface area contributed by atoms with Crippen LogP contribution in [-0.2, 0) is 16.0 Å². The number of likely N-dealkylation sites (tertiary alicyclic amines) is 1.